The fourth-order valence-corrected chi connectivity index (χ4v) is 6.14. The number of nitrogens with zero attached hydrogens (tertiary/aromatic N) is 2. The van der Waals surface area contributed by atoms with Crippen LogP contribution in [0, 0.1) is 0 Å². The van der Waals surface area contributed by atoms with Crippen LogP contribution in [0.5, 0.6) is 23.0 Å². The summed E-state index contributed by atoms with van der Waals surface area (Å²) in [6, 6.07) is 14.5. The first kappa shape index (κ1) is 31.5. The molecule has 11 nitrogen and oxygen atoms in total. The van der Waals surface area contributed by atoms with Gasteiger partial charge in [-0.1, -0.05) is 6.07 Å². The second kappa shape index (κ2) is 13.8. The van der Waals surface area contributed by atoms with Gasteiger partial charge in [0.25, 0.3) is 0 Å². The number of anilines is 2. The number of hydrogen-bond acceptors (Lipinski definition) is 9. The lowest BCUT2D eigenvalue weighted by molar-refractivity contribution is -0.129. The monoisotopic (exact) mass is 616 g/mol. The Morgan fingerprint density at radius 3 is 2.20 bits per heavy atom. The number of carbonyl (C=O) groups is 2. The van der Waals surface area contributed by atoms with Crippen LogP contribution in [0.2, 0.25) is 0 Å². The number of rotatable bonds is 9. The molecule has 1 atom stereocenters. The number of methoxy groups -OCH3 is 4. The van der Waals surface area contributed by atoms with Crippen molar-refractivity contribution < 1.29 is 28.5 Å². The number of fused-ring (bicyclic) bond motifs is 3. The SMILES string of the molecule is COc1ccc(N2CCN(C(=O)CNc3ccc4c(cc3=O)[C@@H](NC(C)=O)CCc3cc(OC)c(OC)c(OC)c3-4)CC2)cc1. The Morgan fingerprint density at radius 1 is 0.867 bits per heavy atom. The molecule has 45 heavy (non-hydrogen) atoms. The van der Waals surface area contributed by atoms with Crippen molar-refractivity contribution in [1.29, 1.82) is 0 Å². The van der Waals surface area contributed by atoms with Gasteiger partial charge in [0, 0.05) is 44.4 Å². The number of ether oxygens (including phenoxy) is 4. The smallest absolute Gasteiger partial charge is 0.241 e. The molecule has 2 aliphatic rings. The summed E-state index contributed by atoms with van der Waals surface area (Å²) in [7, 11) is 6.31. The summed E-state index contributed by atoms with van der Waals surface area (Å²) in [6.07, 6.45) is 1.17. The standard InChI is InChI=1S/C34H40N4O7/c1-21(39)36-27-12-6-22-18-30(43-3)33(44-4)34(45-5)32(22)25-11-13-28(29(40)19-26(25)27)35-20-31(41)38-16-14-37(15-17-38)23-7-9-24(42-2)10-8-23/h7-11,13,18-19,27H,6,12,14-17,20H2,1-5H3,(H,35,40)(H,36,39)/t27-/m0/s1. The third-order valence-corrected chi connectivity index (χ3v) is 8.42. The molecule has 0 radical (unpaired) electrons. The summed E-state index contributed by atoms with van der Waals surface area (Å²) in [6.45, 7) is 4.00. The second-order valence-electron chi connectivity index (χ2n) is 11.0. The number of benzene rings is 2. The van der Waals surface area contributed by atoms with E-state index in [-0.39, 0.29) is 29.5 Å². The summed E-state index contributed by atoms with van der Waals surface area (Å²) < 4.78 is 22.3. The van der Waals surface area contributed by atoms with E-state index in [1.165, 1.54) is 6.92 Å². The molecule has 3 aromatic carbocycles. The van der Waals surface area contributed by atoms with Gasteiger partial charge in [-0.15, -0.1) is 0 Å². The predicted molar refractivity (Wildman–Crippen MR) is 173 cm³/mol. The van der Waals surface area contributed by atoms with Crippen molar-refractivity contribution in [2.24, 2.45) is 0 Å². The molecule has 1 aliphatic heterocycles. The molecule has 0 spiro atoms. The van der Waals surface area contributed by atoms with Gasteiger partial charge in [0.2, 0.25) is 23.0 Å². The average Bonchev–Trinajstić information content (AvgIpc) is 3.30. The lowest BCUT2D eigenvalue weighted by Gasteiger charge is -2.36. The quantitative estimate of drug-likeness (QED) is 0.372. The molecule has 0 saturated carbocycles. The maximum absolute atomic E-state index is 13.6. The van der Waals surface area contributed by atoms with Crippen molar-refractivity contribution in [1.82, 2.24) is 10.2 Å². The molecule has 11 heteroatoms. The highest BCUT2D eigenvalue weighted by Gasteiger charge is 2.29. The summed E-state index contributed by atoms with van der Waals surface area (Å²) in [5, 5.41) is 6.09. The van der Waals surface area contributed by atoms with E-state index in [4.69, 9.17) is 18.9 Å². The summed E-state index contributed by atoms with van der Waals surface area (Å²) in [5.41, 5.74) is 4.18. The van der Waals surface area contributed by atoms with Crippen molar-refractivity contribution in [3.8, 4) is 34.1 Å². The lowest BCUT2D eigenvalue weighted by atomic mass is 9.95. The zero-order chi connectivity index (χ0) is 32.1. The van der Waals surface area contributed by atoms with E-state index < -0.39 is 6.04 Å². The Hall–Kier alpha value is -4.93. The number of carbonyl (C=O) groups excluding carboxylic acids is 2. The van der Waals surface area contributed by atoms with Crippen molar-refractivity contribution in [2.45, 2.75) is 25.8 Å². The van der Waals surface area contributed by atoms with Crippen molar-refractivity contribution >= 4 is 23.2 Å². The number of amides is 2. The van der Waals surface area contributed by atoms with Crippen LogP contribution < -0.4 is 39.9 Å². The van der Waals surface area contributed by atoms with Crippen molar-refractivity contribution in [3.05, 3.63) is 69.9 Å². The minimum atomic E-state index is -0.414. The molecule has 238 valence electrons. The predicted octanol–water partition coefficient (Wildman–Crippen LogP) is 3.63. The molecule has 1 aliphatic carbocycles. The molecule has 3 aromatic rings. The minimum absolute atomic E-state index is 0.0213. The molecule has 1 saturated heterocycles. The highest BCUT2D eigenvalue weighted by atomic mass is 16.5. The van der Waals surface area contributed by atoms with Crippen LogP contribution in [0.3, 0.4) is 0 Å². The molecule has 0 bridgehead atoms. The Labute approximate surface area is 263 Å². The number of piperazine rings is 1. The van der Waals surface area contributed by atoms with Gasteiger partial charge in [0.15, 0.2) is 11.5 Å². The Kier molecular flexibility index (Phi) is 9.65. The highest BCUT2D eigenvalue weighted by molar-refractivity contribution is 5.84. The average molecular weight is 617 g/mol. The van der Waals surface area contributed by atoms with Crippen LogP contribution >= 0.6 is 0 Å². The van der Waals surface area contributed by atoms with Gasteiger partial charge in [0.05, 0.1) is 46.7 Å². The largest absolute Gasteiger partial charge is 0.497 e. The van der Waals surface area contributed by atoms with Gasteiger partial charge < -0.3 is 39.4 Å². The molecule has 0 aromatic heterocycles. The molecule has 1 heterocycles. The first-order chi connectivity index (χ1) is 21.8. The van der Waals surface area contributed by atoms with Gasteiger partial charge in [-0.05, 0) is 72.0 Å². The molecule has 2 amide bonds. The Bertz CT molecular complexity index is 1620. The van der Waals surface area contributed by atoms with Crippen LogP contribution in [-0.2, 0) is 16.0 Å². The van der Waals surface area contributed by atoms with Crippen LogP contribution in [-0.4, -0.2) is 77.9 Å². The Balaban J connectivity index is 1.39. The minimum Gasteiger partial charge on any atom is -0.497 e. The zero-order valence-corrected chi connectivity index (χ0v) is 26.4. The topological polar surface area (TPSA) is 119 Å². The molecule has 5 rings (SSSR count). The molecular formula is C34H40N4O7. The van der Waals surface area contributed by atoms with Gasteiger partial charge in [0.1, 0.15) is 5.75 Å². The van der Waals surface area contributed by atoms with Crippen LogP contribution in [0.15, 0.2) is 53.3 Å². The number of hydrogen-bond donors (Lipinski definition) is 2. The summed E-state index contributed by atoms with van der Waals surface area (Å²) >= 11 is 0. The summed E-state index contributed by atoms with van der Waals surface area (Å²) in [4.78, 5) is 43.0. The molecule has 2 N–H and O–H groups in total. The maximum atomic E-state index is 13.6. The fourth-order valence-electron chi connectivity index (χ4n) is 6.14. The van der Waals surface area contributed by atoms with Crippen molar-refractivity contribution in [3.63, 3.8) is 0 Å². The van der Waals surface area contributed by atoms with Gasteiger partial charge in [-0.3, -0.25) is 14.4 Å². The van der Waals surface area contributed by atoms with Crippen LogP contribution in [0.1, 0.15) is 30.5 Å². The zero-order valence-electron chi connectivity index (χ0n) is 26.4. The third-order valence-electron chi connectivity index (χ3n) is 8.42. The van der Waals surface area contributed by atoms with Gasteiger partial charge in [-0.25, -0.2) is 0 Å². The summed E-state index contributed by atoms with van der Waals surface area (Å²) in [5.74, 6) is 1.96. The Morgan fingerprint density at radius 2 is 1.58 bits per heavy atom. The van der Waals surface area contributed by atoms with Gasteiger partial charge >= 0.3 is 0 Å². The van der Waals surface area contributed by atoms with Crippen LogP contribution in [0.25, 0.3) is 11.1 Å². The van der Waals surface area contributed by atoms with E-state index in [1.54, 1.807) is 40.6 Å². The molecule has 1 fully saturated rings. The number of nitrogens with one attached hydrogen (secondary N) is 2. The van der Waals surface area contributed by atoms with Crippen molar-refractivity contribution in [2.75, 3.05) is 71.4 Å². The third kappa shape index (κ3) is 6.62. The molecular weight excluding hydrogens is 576 g/mol. The normalized spacial score (nSPS) is 15.6. The van der Waals surface area contributed by atoms with Gasteiger partial charge in [-0.2, -0.15) is 0 Å². The first-order valence-electron chi connectivity index (χ1n) is 15.0. The van der Waals surface area contributed by atoms with E-state index in [0.29, 0.717) is 61.8 Å². The maximum Gasteiger partial charge on any atom is 0.241 e. The van der Waals surface area contributed by atoms with Crippen LogP contribution in [0.4, 0.5) is 11.4 Å². The van der Waals surface area contributed by atoms with E-state index in [2.05, 4.69) is 15.5 Å². The number of aryl methyl sites for hydroxylation is 1. The highest BCUT2D eigenvalue weighted by Crippen LogP contribution is 2.50. The first-order valence-corrected chi connectivity index (χ1v) is 15.0. The second-order valence-corrected chi connectivity index (χ2v) is 11.0. The van der Waals surface area contributed by atoms with E-state index >= 15 is 0 Å². The van der Waals surface area contributed by atoms with E-state index in [9.17, 15) is 14.4 Å². The molecule has 0 unspecified atom stereocenters. The lowest BCUT2D eigenvalue weighted by Crippen LogP contribution is -2.50. The van der Waals surface area contributed by atoms with E-state index in [1.807, 2.05) is 41.3 Å². The van der Waals surface area contributed by atoms with E-state index in [0.717, 1.165) is 28.1 Å². The fraction of sp³-hybridized carbons (Fsp3) is 0.382.